The first-order valence-corrected chi connectivity index (χ1v) is 13.0. The van der Waals surface area contributed by atoms with Gasteiger partial charge in [0.2, 0.25) is 0 Å². The second-order valence-electron chi connectivity index (χ2n) is 10.4. The van der Waals surface area contributed by atoms with E-state index in [0.29, 0.717) is 34.3 Å². The van der Waals surface area contributed by atoms with Gasteiger partial charge in [-0.05, 0) is 52.4 Å². The van der Waals surface area contributed by atoms with Crippen molar-refractivity contribution in [2.75, 3.05) is 16.8 Å². The first-order valence-electron chi connectivity index (χ1n) is 13.0. The monoisotopic (exact) mass is 521 g/mol. The van der Waals surface area contributed by atoms with Crippen molar-refractivity contribution in [2.24, 2.45) is 0 Å². The third-order valence-electron chi connectivity index (χ3n) is 7.52. The molecule has 7 nitrogen and oxygen atoms in total. The fourth-order valence-corrected chi connectivity index (χ4v) is 4.74. The molecular weight excluding hydrogens is 490 g/mol. The van der Waals surface area contributed by atoms with Crippen LogP contribution in [0.3, 0.4) is 0 Å². The van der Waals surface area contributed by atoms with E-state index in [1.165, 1.54) is 0 Å². The Bertz CT molecular complexity index is 1700. The lowest BCUT2D eigenvalue weighted by molar-refractivity contribution is -0.407. The summed E-state index contributed by atoms with van der Waals surface area (Å²) in [5, 5.41) is 6.94. The number of anilines is 3. The Labute approximate surface area is 227 Å². The van der Waals surface area contributed by atoms with Crippen LogP contribution in [0.4, 0.5) is 17.1 Å². The van der Waals surface area contributed by atoms with Crippen molar-refractivity contribution in [2.45, 2.75) is 38.7 Å². The van der Waals surface area contributed by atoms with Gasteiger partial charge in [-0.15, -0.1) is 0 Å². The Morgan fingerprint density at radius 1 is 0.795 bits per heavy atom. The smallest absolute Gasteiger partial charge is 0.408 e. The van der Waals surface area contributed by atoms with Crippen LogP contribution in [0.5, 0.6) is 17.2 Å². The number of ether oxygens (including phenoxy) is 2. The van der Waals surface area contributed by atoms with Crippen molar-refractivity contribution < 1.29 is 19.2 Å². The fourth-order valence-electron chi connectivity index (χ4n) is 4.74. The topological polar surface area (TPSA) is 101 Å². The summed E-state index contributed by atoms with van der Waals surface area (Å²) in [6, 6.07) is 29.0. The Kier molecular flexibility index (Phi) is 5.88. The van der Waals surface area contributed by atoms with E-state index < -0.39 is 6.10 Å². The van der Waals surface area contributed by atoms with Crippen LogP contribution in [-0.4, -0.2) is 6.10 Å². The predicted molar refractivity (Wildman–Crippen MR) is 156 cm³/mol. The number of benzene rings is 5. The number of nitrogens with two attached hydrogens (primary N) is 2. The lowest BCUT2D eigenvalue weighted by Crippen LogP contribution is -2.50. The molecule has 5 aromatic carbocycles. The molecular formula is C32H31N3O4. The molecule has 0 fully saturated rings. The standard InChI is InChI=1S/C32H31N3O4/c1-4-31(2,3)22-15-18-26-25(19-22)35-32(36-26,37-27-16-13-20-9-5-7-11-23(20)29(27)33)39-38-28-17-14-21-10-6-8-12-24(21)30(28)34/h5-19,35H,4,33-34H2,1-3H3. The average Bonchev–Trinajstić information content (AvgIpc) is 3.32. The number of rotatable bonds is 7. The molecule has 0 spiro atoms. The van der Waals surface area contributed by atoms with Crippen molar-refractivity contribution in [3.63, 3.8) is 0 Å². The number of hydrogen-bond donors (Lipinski definition) is 3. The fraction of sp³-hybridized carbons (Fsp3) is 0.188. The van der Waals surface area contributed by atoms with Crippen LogP contribution in [0.2, 0.25) is 0 Å². The van der Waals surface area contributed by atoms with E-state index in [1.54, 1.807) is 12.1 Å². The van der Waals surface area contributed by atoms with Crippen LogP contribution in [0.25, 0.3) is 21.5 Å². The first kappa shape index (κ1) is 24.7. The molecule has 0 radical (unpaired) electrons. The maximum Gasteiger partial charge on any atom is 0.505 e. The Morgan fingerprint density at radius 3 is 2.08 bits per heavy atom. The predicted octanol–water partition coefficient (Wildman–Crippen LogP) is 7.35. The number of fused-ring (bicyclic) bond motifs is 3. The highest BCUT2D eigenvalue weighted by atomic mass is 17.3. The van der Waals surface area contributed by atoms with Gasteiger partial charge in [-0.1, -0.05) is 92.4 Å². The average molecular weight is 522 g/mol. The van der Waals surface area contributed by atoms with Crippen molar-refractivity contribution >= 4 is 38.6 Å². The van der Waals surface area contributed by atoms with Gasteiger partial charge in [0.25, 0.3) is 0 Å². The summed E-state index contributed by atoms with van der Waals surface area (Å²) in [6.45, 7) is 6.57. The molecule has 198 valence electrons. The second-order valence-corrected chi connectivity index (χ2v) is 10.4. The zero-order chi connectivity index (χ0) is 27.2. The van der Waals surface area contributed by atoms with Crippen LogP contribution in [0, 0.1) is 0 Å². The summed E-state index contributed by atoms with van der Waals surface area (Å²) >= 11 is 0. The largest absolute Gasteiger partial charge is 0.505 e. The van der Waals surface area contributed by atoms with E-state index in [4.69, 9.17) is 30.7 Å². The van der Waals surface area contributed by atoms with Crippen LogP contribution in [0.1, 0.15) is 32.8 Å². The highest BCUT2D eigenvalue weighted by Crippen LogP contribution is 2.43. The lowest BCUT2D eigenvalue weighted by atomic mass is 9.82. The van der Waals surface area contributed by atoms with Gasteiger partial charge >= 0.3 is 6.10 Å². The van der Waals surface area contributed by atoms with Crippen LogP contribution >= 0.6 is 0 Å². The molecule has 7 heteroatoms. The maximum absolute atomic E-state index is 6.53. The van der Waals surface area contributed by atoms with E-state index in [-0.39, 0.29) is 5.41 Å². The van der Waals surface area contributed by atoms with E-state index >= 15 is 0 Å². The van der Waals surface area contributed by atoms with Gasteiger partial charge in [-0.25, -0.2) is 0 Å². The summed E-state index contributed by atoms with van der Waals surface area (Å²) in [5.74, 6) is 1.26. The minimum atomic E-state index is -1.87. The van der Waals surface area contributed by atoms with Gasteiger partial charge in [0, 0.05) is 10.8 Å². The van der Waals surface area contributed by atoms with Crippen LogP contribution in [-0.2, 0) is 10.3 Å². The van der Waals surface area contributed by atoms with E-state index in [2.05, 4.69) is 26.1 Å². The molecule has 39 heavy (non-hydrogen) atoms. The normalized spacial score (nSPS) is 16.5. The van der Waals surface area contributed by atoms with Crippen LogP contribution in [0.15, 0.2) is 91.0 Å². The van der Waals surface area contributed by atoms with Crippen LogP contribution < -0.4 is 31.1 Å². The molecule has 1 aliphatic rings. The van der Waals surface area contributed by atoms with Crippen molar-refractivity contribution in [1.29, 1.82) is 0 Å². The van der Waals surface area contributed by atoms with Gasteiger partial charge in [0.05, 0.1) is 17.1 Å². The minimum Gasteiger partial charge on any atom is -0.408 e. The lowest BCUT2D eigenvalue weighted by Gasteiger charge is -2.27. The Morgan fingerprint density at radius 2 is 1.41 bits per heavy atom. The highest BCUT2D eigenvalue weighted by molar-refractivity contribution is 5.96. The Balaban J connectivity index is 1.37. The third kappa shape index (κ3) is 4.41. The molecule has 5 aromatic rings. The maximum atomic E-state index is 6.53. The third-order valence-corrected chi connectivity index (χ3v) is 7.52. The number of nitrogen functional groups attached to an aromatic ring is 2. The molecule has 1 heterocycles. The molecule has 0 saturated carbocycles. The molecule has 6 rings (SSSR count). The van der Waals surface area contributed by atoms with Gasteiger partial charge in [-0.3, -0.25) is 5.32 Å². The Hall–Kier alpha value is -4.62. The summed E-state index contributed by atoms with van der Waals surface area (Å²) in [6.07, 6.45) is -0.894. The molecule has 0 bridgehead atoms. The van der Waals surface area contributed by atoms with E-state index in [9.17, 15) is 0 Å². The summed E-state index contributed by atoms with van der Waals surface area (Å²) in [7, 11) is 0. The first-order chi connectivity index (χ1) is 18.8. The van der Waals surface area contributed by atoms with Gasteiger partial charge < -0.3 is 25.8 Å². The summed E-state index contributed by atoms with van der Waals surface area (Å²) in [5.41, 5.74) is 15.7. The number of nitrogens with one attached hydrogen (secondary N) is 1. The quantitative estimate of drug-likeness (QED) is 0.0891. The van der Waals surface area contributed by atoms with Gasteiger partial charge in [0.1, 0.15) is 0 Å². The molecule has 1 atom stereocenters. The molecule has 1 unspecified atom stereocenters. The highest BCUT2D eigenvalue weighted by Gasteiger charge is 2.47. The SMILES string of the molecule is CCC(C)(C)c1ccc2c(c1)NC(OOc1ccc3ccccc3c1N)(Oc1ccc3ccccc3c1N)O2. The van der Waals surface area contributed by atoms with E-state index in [1.807, 2.05) is 78.9 Å². The molecule has 0 aromatic heterocycles. The van der Waals surface area contributed by atoms with Crippen molar-refractivity contribution in [3.8, 4) is 17.2 Å². The van der Waals surface area contributed by atoms with E-state index in [0.717, 1.165) is 33.5 Å². The van der Waals surface area contributed by atoms with Crippen molar-refractivity contribution in [3.05, 3.63) is 96.6 Å². The number of hydrogen-bond acceptors (Lipinski definition) is 7. The van der Waals surface area contributed by atoms with Gasteiger partial charge in [0.15, 0.2) is 17.2 Å². The molecule has 0 saturated heterocycles. The zero-order valence-corrected chi connectivity index (χ0v) is 22.2. The molecule has 5 N–H and O–H groups in total. The van der Waals surface area contributed by atoms with Crippen molar-refractivity contribution in [1.82, 2.24) is 0 Å². The summed E-state index contributed by atoms with van der Waals surface area (Å²) < 4.78 is 12.6. The summed E-state index contributed by atoms with van der Waals surface area (Å²) in [4.78, 5) is 11.7. The second kappa shape index (κ2) is 9.29. The van der Waals surface area contributed by atoms with Gasteiger partial charge in [-0.2, -0.15) is 0 Å². The molecule has 1 aliphatic heterocycles. The minimum absolute atomic E-state index is 0.0253. The zero-order valence-electron chi connectivity index (χ0n) is 22.2. The molecule has 0 aliphatic carbocycles. The molecule has 0 amide bonds.